The van der Waals surface area contributed by atoms with Crippen LogP contribution in [0.2, 0.25) is 0 Å². The molecule has 7 nitrogen and oxygen atoms in total. The van der Waals surface area contributed by atoms with Crippen LogP contribution in [-0.4, -0.2) is 27.7 Å². The van der Waals surface area contributed by atoms with E-state index in [-0.39, 0.29) is 22.7 Å². The number of aryl methyl sites for hydroxylation is 1. The zero-order chi connectivity index (χ0) is 22.5. The summed E-state index contributed by atoms with van der Waals surface area (Å²) in [5.74, 6) is -0.540. The average molecular weight is 445 g/mol. The van der Waals surface area contributed by atoms with E-state index in [0.29, 0.717) is 21.4 Å². The first-order valence-electron chi connectivity index (χ1n) is 9.15. The monoisotopic (exact) mass is 444 g/mol. The van der Waals surface area contributed by atoms with Crippen molar-refractivity contribution in [1.82, 2.24) is 10.3 Å². The number of anilines is 2. The van der Waals surface area contributed by atoms with Gasteiger partial charge in [-0.1, -0.05) is 50.3 Å². The first-order chi connectivity index (χ1) is 14.0. The molecule has 0 saturated carbocycles. The Labute approximate surface area is 185 Å². The Balaban J connectivity index is 2.02. The van der Waals surface area contributed by atoms with Gasteiger partial charge in [-0.05, 0) is 42.9 Å². The number of rotatable bonds is 5. The van der Waals surface area contributed by atoms with E-state index in [1.165, 1.54) is 24.3 Å². The number of carbonyl (C=O) groups is 3. The Kier molecular flexibility index (Phi) is 7.58. The van der Waals surface area contributed by atoms with Gasteiger partial charge in [0.2, 0.25) is 11.8 Å². The van der Waals surface area contributed by atoms with Crippen molar-refractivity contribution in [2.24, 2.45) is 5.41 Å². The quantitative estimate of drug-likeness (QED) is 0.364. The first-order valence-corrected chi connectivity index (χ1v) is 10.4. The van der Waals surface area contributed by atoms with Gasteiger partial charge in [-0.15, -0.1) is 0 Å². The summed E-state index contributed by atoms with van der Waals surface area (Å²) in [5.41, 5.74) is 1.51. The van der Waals surface area contributed by atoms with Crippen molar-refractivity contribution in [2.45, 2.75) is 34.6 Å². The third kappa shape index (κ3) is 6.85. The second-order valence-electron chi connectivity index (χ2n) is 7.59. The van der Waals surface area contributed by atoms with Gasteiger partial charge >= 0.3 is 0 Å². The van der Waals surface area contributed by atoms with Crippen LogP contribution < -0.4 is 16.0 Å². The topological polar surface area (TPSA) is 100 Å². The van der Waals surface area contributed by atoms with Gasteiger partial charge < -0.3 is 16.0 Å². The molecule has 0 radical (unpaired) electrons. The summed E-state index contributed by atoms with van der Waals surface area (Å²) in [6.45, 7) is 8.54. The lowest BCUT2D eigenvalue weighted by Crippen LogP contribution is -2.41. The molecule has 0 aliphatic rings. The SMILES string of the molecule is CC(=O)Nc1ccc(/C=C/C(=O)c2sc(NC(=S)NC(=O)C(C)(C)C)nc2C)cc1. The molecular formula is C21H24N4O3S2. The number of thiazole rings is 1. The van der Waals surface area contributed by atoms with Gasteiger partial charge in [0.1, 0.15) is 0 Å². The fraction of sp³-hybridized carbons (Fsp3) is 0.286. The number of amides is 2. The molecule has 0 unspecified atom stereocenters. The number of thiocarbonyl (C=S) groups is 1. The van der Waals surface area contributed by atoms with Gasteiger partial charge in [0.05, 0.1) is 10.6 Å². The molecule has 0 aliphatic heterocycles. The Morgan fingerprint density at radius 1 is 1.10 bits per heavy atom. The van der Waals surface area contributed by atoms with Crippen LogP contribution in [0.3, 0.4) is 0 Å². The van der Waals surface area contributed by atoms with Crippen LogP contribution in [-0.2, 0) is 9.59 Å². The fourth-order valence-corrected chi connectivity index (χ4v) is 3.37. The number of hydrogen-bond acceptors (Lipinski definition) is 6. The third-order valence-electron chi connectivity index (χ3n) is 3.81. The lowest BCUT2D eigenvalue weighted by atomic mass is 9.96. The highest BCUT2D eigenvalue weighted by Crippen LogP contribution is 2.24. The predicted octanol–water partition coefficient (Wildman–Crippen LogP) is 4.17. The van der Waals surface area contributed by atoms with Gasteiger partial charge in [0.25, 0.3) is 0 Å². The van der Waals surface area contributed by atoms with Gasteiger partial charge in [0.15, 0.2) is 16.0 Å². The molecule has 2 rings (SSSR count). The molecule has 1 heterocycles. The number of carbonyl (C=O) groups excluding carboxylic acids is 3. The molecule has 2 amide bonds. The molecule has 0 aliphatic carbocycles. The molecule has 0 fully saturated rings. The molecule has 0 bridgehead atoms. The van der Waals surface area contributed by atoms with Crippen LogP contribution in [0.5, 0.6) is 0 Å². The Hall–Kier alpha value is -2.91. The lowest BCUT2D eigenvalue weighted by Gasteiger charge is -2.17. The van der Waals surface area contributed by atoms with Gasteiger partial charge in [0, 0.05) is 18.0 Å². The third-order valence-corrected chi connectivity index (χ3v) is 5.10. The zero-order valence-corrected chi connectivity index (χ0v) is 19.1. The van der Waals surface area contributed by atoms with Crippen LogP contribution in [0.15, 0.2) is 30.3 Å². The Morgan fingerprint density at radius 2 is 1.73 bits per heavy atom. The second kappa shape index (κ2) is 9.73. The Morgan fingerprint density at radius 3 is 2.30 bits per heavy atom. The molecule has 1 aromatic heterocycles. The van der Waals surface area contributed by atoms with Crippen molar-refractivity contribution in [1.29, 1.82) is 0 Å². The molecule has 0 saturated heterocycles. The zero-order valence-electron chi connectivity index (χ0n) is 17.5. The molecule has 0 spiro atoms. The summed E-state index contributed by atoms with van der Waals surface area (Å²) in [5, 5.41) is 8.72. The smallest absolute Gasteiger partial charge is 0.231 e. The summed E-state index contributed by atoms with van der Waals surface area (Å²) in [4.78, 5) is 40.4. The number of nitrogens with zero attached hydrogens (tertiary/aromatic N) is 1. The summed E-state index contributed by atoms with van der Waals surface area (Å²) in [6.07, 6.45) is 3.16. The van der Waals surface area contributed by atoms with E-state index in [4.69, 9.17) is 12.2 Å². The molecule has 30 heavy (non-hydrogen) atoms. The molecule has 0 atom stereocenters. The van der Waals surface area contributed by atoms with Crippen molar-refractivity contribution >= 4 is 63.2 Å². The van der Waals surface area contributed by atoms with E-state index in [2.05, 4.69) is 20.9 Å². The van der Waals surface area contributed by atoms with Crippen molar-refractivity contribution in [3.05, 3.63) is 46.5 Å². The maximum Gasteiger partial charge on any atom is 0.231 e. The molecule has 3 N–H and O–H groups in total. The number of nitrogens with one attached hydrogen (secondary N) is 3. The van der Waals surface area contributed by atoms with E-state index in [9.17, 15) is 14.4 Å². The molecule has 1 aromatic carbocycles. The average Bonchev–Trinajstić information content (AvgIpc) is 2.99. The van der Waals surface area contributed by atoms with E-state index in [0.717, 1.165) is 5.56 Å². The lowest BCUT2D eigenvalue weighted by molar-refractivity contribution is -0.126. The molecular weight excluding hydrogens is 420 g/mol. The molecule has 158 valence electrons. The van der Waals surface area contributed by atoms with Crippen LogP contribution in [0.4, 0.5) is 10.8 Å². The highest BCUT2D eigenvalue weighted by molar-refractivity contribution is 7.80. The molecule has 9 heteroatoms. The van der Waals surface area contributed by atoms with Crippen molar-refractivity contribution in [3.63, 3.8) is 0 Å². The normalized spacial score (nSPS) is 11.2. The van der Waals surface area contributed by atoms with Gasteiger partial charge in [-0.3, -0.25) is 14.4 Å². The minimum atomic E-state index is -0.573. The fourth-order valence-electron chi connectivity index (χ4n) is 2.23. The van der Waals surface area contributed by atoms with Crippen LogP contribution in [0, 0.1) is 12.3 Å². The van der Waals surface area contributed by atoms with Crippen molar-refractivity contribution in [3.8, 4) is 0 Å². The minimum Gasteiger partial charge on any atom is -0.326 e. The summed E-state index contributed by atoms with van der Waals surface area (Å²) < 4.78 is 0. The predicted molar refractivity (Wildman–Crippen MR) is 125 cm³/mol. The van der Waals surface area contributed by atoms with Crippen molar-refractivity contribution < 1.29 is 14.4 Å². The van der Waals surface area contributed by atoms with Gasteiger partial charge in [-0.25, -0.2) is 4.98 Å². The van der Waals surface area contributed by atoms with Crippen LogP contribution >= 0.6 is 23.6 Å². The number of allylic oxidation sites excluding steroid dienone is 1. The van der Waals surface area contributed by atoms with E-state index < -0.39 is 5.41 Å². The number of aromatic nitrogens is 1. The van der Waals surface area contributed by atoms with Gasteiger partial charge in [-0.2, -0.15) is 0 Å². The number of ketones is 1. The van der Waals surface area contributed by atoms with E-state index >= 15 is 0 Å². The van der Waals surface area contributed by atoms with Crippen LogP contribution in [0.25, 0.3) is 6.08 Å². The first kappa shape index (κ1) is 23.4. The van der Waals surface area contributed by atoms with E-state index in [1.807, 2.05) is 0 Å². The highest BCUT2D eigenvalue weighted by atomic mass is 32.1. The standard InChI is InChI=1S/C21H24N4O3S2/c1-12-17(30-20(22-12)25-19(29)24-18(28)21(3,4)5)16(27)11-8-14-6-9-15(10-7-14)23-13(2)26/h6-11H,1-5H3,(H,23,26)(H2,22,24,25,28,29)/b11-8+. The number of hydrogen-bond donors (Lipinski definition) is 3. The Bertz CT molecular complexity index is 1000. The maximum atomic E-state index is 12.6. The van der Waals surface area contributed by atoms with Crippen molar-refractivity contribution in [2.75, 3.05) is 10.6 Å². The molecule has 2 aromatic rings. The highest BCUT2D eigenvalue weighted by Gasteiger charge is 2.22. The maximum absolute atomic E-state index is 12.6. The largest absolute Gasteiger partial charge is 0.326 e. The van der Waals surface area contributed by atoms with Crippen LogP contribution in [0.1, 0.15) is 48.6 Å². The second-order valence-corrected chi connectivity index (χ2v) is 9.00. The minimum absolute atomic E-state index is 0.137. The van der Waals surface area contributed by atoms with E-state index in [1.54, 1.807) is 58.0 Å². The summed E-state index contributed by atoms with van der Waals surface area (Å²) in [7, 11) is 0. The number of benzene rings is 1. The summed E-state index contributed by atoms with van der Waals surface area (Å²) in [6, 6.07) is 7.13. The summed E-state index contributed by atoms with van der Waals surface area (Å²) >= 11 is 6.32.